The maximum Gasteiger partial charge on any atom is 0.411 e. The molecule has 1 unspecified atom stereocenters. The Hall–Kier alpha value is -2.04. The van der Waals surface area contributed by atoms with Crippen molar-refractivity contribution in [1.82, 2.24) is 4.90 Å². The molecule has 0 N–H and O–H groups in total. The second-order valence-electron chi connectivity index (χ2n) is 4.71. The molecule has 1 aliphatic rings. The van der Waals surface area contributed by atoms with E-state index in [9.17, 15) is 9.59 Å². The molecule has 5 nitrogen and oxygen atoms in total. The van der Waals surface area contributed by atoms with Crippen molar-refractivity contribution >= 4 is 12.1 Å². The predicted octanol–water partition coefficient (Wildman–Crippen LogP) is 1.96. The van der Waals surface area contributed by atoms with Gasteiger partial charge in [-0.2, -0.15) is 0 Å². The Morgan fingerprint density at radius 1 is 1.32 bits per heavy atom. The fourth-order valence-electron chi connectivity index (χ4n) is 2.08. The van der Waals surface area contributed by atoms with Crippen molar-refractivity contribution in [2.24, 2.45) is 0 Å². The standard InChI is InChI=1S/C14H17NO4/c1-14(12(16)18-2)8-9-15(14)13(17)19-10-11-6-4-3-5-7-11/h3-7H,8-10H2,1-2H3. The number of carbonyl (C=O) groups excluding carboxylic acids is 2. The second kappa shape index (κ2) is 5.30. The van der Waals surface area contributed by atoms with E-state index in [0.717, 1.165) is 5.56 Å². The highest BCUT2D eigenvalue weighted by Crippen LogP contribution is 2.32. The zero-order chi connectivity index (χ0) is 13.9. The molecule has 0 radical (unpaired) electrons. The summed E-state index contributed by atoms with van der Waals surface area (Å²) >= 11 is 0. The Morgan fingerprint density at radius 3 is 2.53 bits per heavy atom. The van der Waals surface area contributed by atoms with Gasteiger partial charge in [0.1, 0.15) is 12.1 Å². The number of carbonyl (C=O) groups is 2. The van der Waals surface area contributed by atoms with Gasteiger partial charge in [0.05, 0.1) is 7.11 Å². The lowest BCUT2D eigenvalue weighted by Gasteiger charge is -2.46. The van der Waals surface area contributed by atoms with Crippen LogP contribution in [0.5, 0.6) is 0 Å². The topological polar surface area (TPSA) is 55.8 Å². The lowest BCUT2D eigenvalue weighted by atomic mass is 9.87. The van der Waals surface area contributed by atoms with E-state index < -0.39 is 17.6 Å². The van der Waals surface area contributed by atoms with Gasteiger partial charge >= 0.3 is 12.1 Å². The highest BCUT2D eigenvalue weighted by molar-refractivity contribution is 5.87. The van der Waals surface area contributed by atoms with Crippen molar-refractivity contribution in [3.8, 4) is 0 Å². The SMILES string of the molecule is COC(=O)C1(C)CCN1C(=O)OCc1ccccc1. The molecule has 1 saturated heterocycles. The number of hydrogen-bond donors (Lipinski definition) is 0. The first-order chi connectivity index (χ1) is 9.08. The lowest BCUT2D eigenvalue weighted by molar-refractivity contribution is -0.160. The molecule has 0 bridgehead atoms. The van der Waals surface area contributed by atoms with Crippen LogP contribution in [-0.4, -0.2) is 36.2 Å². The first-order valence-electron chi connectivity index (χ1n) is 6.14. The summed E-state index contributed by atoms with van der Waals surface area (Å²) in [5, 5.41) is 0. The van der Waals surface area contributed by atoms with Crippen LogP contribution in [0.15, 0.2) is 30.3 Å². The zero-order valence-corrected chi connectivity index (χ0v) is 11.1. The maximum atomic E-state index is 11.9. The fourth-order valence-corrected chi connectivity index (χ4v) is 2.08. The number of nitrogens with zero attached hydrogens (tertiary/aromatic N) is 1. The van der Waals surface area contributed by atoms with Crippen LogP contribution in [0.2, 0.25) is 0 Å². The van der Waals surface area contributed by atoms with Gasteiger partial charge in [-0.1, -0.05) is 30.3 Å². The monoisotopic (exact) mass is 263 g/mol. The summed E-state index contributed by atoms with van der Waals surface area (Å²) < 4.78 is 9.91. The first-order valence-corrected chi connectivity index (χ1v) is 6.14. The first kappa shape index (κ1) is 13.4. The van der Waals surface area contributed by atoms with E-state index in [-0.39, 0.29) is 6.61 Å². The van der Waals surface area contributed by atoms with Crippen LogP contribution < -0.4 is 0 Å². The summed E-state index contributed by atoms with van der Waals surface area (Å²) in [5.41, 5.74) is 0.0267. The molecule has 0 aromatic heterocycles. The van der Waals surface area contributed by atoms with E-state index in [0.29, 0.717) is 13.0 Å². The molecule has 0 spiro atoms. The fraction of sp³-hybridized carbons (Fsp3) is 0.429. The Kier molecular flexibility index (Phi) is 3.74. The minimum absolute atomic E-state index is 0.202. The van der Waals surface area contributed by atoms with Gasteiger partial charge < -0.3 is 9.47 Å². The van der Waals surface area contributed by atoms with E-state index in [1.165, 1.54) is 12.0 Å². The quantitative estimate of drug-likeness (QED) is 0.782. The lowest BCUT2D eigenvalue weighted by Crippen LogP contribution is -2.65. The third-order valence-electron chi connectivity index (χ3n) is 3.47. The van der Waals surface area contributed by atoms with E-state index >= 15 is 0 Å². The van der Waals surface area contributed by atoms with Crippen LogP contribution in [0.3, 0.4) is 0 Å². The molecular weight excluding hydrogens is 246 g/mol. The van der Waals surface area contributed by atoms with Crippen molar-refractivity contribution in [1.29, 1.82) is 0 Å². The molecule has 1 aromatic carbocycles. The maximum absolute atomic E-state index is 11.9. The number of ether oxygens (including phenoxy) is 2. The number of methoxy groups -OCH3 is 1. The van der Waals surface area contributed by atoms with Crippen LogP contribution in [0.4, 0.5) is 4.79 Å². The highest BCUT2D eigenvalue weighted by Gasteiger charge is 2.51. The molecule has 102 valence electrons. The largest absolute Gasteiger partial charge is 0.467 e. The van der Waals surface area contributed by atoms with Gasteiger partial charge in [0, 0.05) is 6.54 Å². The molecule has 19 heavy (non-hydrogen) atoms. The Bertz CT molecular complexity index is 474. The van der Waals surface area contributed by atoms with Crippen LogP contribution in [0, 0.1) is 0 Å². The number of likely N-dealkylation sites (tertiary alicyclic amines) is 1. The summed E-state index contributed by atoms with van der Waals surface area (Å²) in [6.07, 6.45) is 0.114. The van der Waals surface area contributed by atoms with Crippen LogP contribution in [-0.2, 0) is 20.9 Å². The summed E-state index contributed by atoms with van der Waals surface area (Å²) in [4.78, 5) is 25.0. The van der Waals surface area contributed by atoms with Crippen LogP contribution in [0.1, 0.15) is 18.9 Å². The molecule has 2 rings (SSSR count). The normalized spacial score (nSPS) is 21.5. The van der Waals surface area contributed by atoms with Crippen molar-refractivity contribution in [3.63, 3.8) is 0 Å². The number of hydrogen-bond acceptors (Lipinski definition) is 4. The number of rotatable bonds is 3. The second-order valence-corrected chi connectivity index (χ2v) is 4.71. The van der Waals surface area contributed by atoms with Crippen molar-refractivity contribution in [3.05, 3.63) is 35.9 Å². The van der Waals surface area contributed by atoms with E-state index in [2.05, 4.69) is 0 Å². The Balaban J connectivity index is 1.92. The molecular formula is C14H17NO4. The molecule has 1 amide bonds. The molecule has 1 atom stereocenters. The van der Waals surface area contributed by atoms with Gasteiger partial charge in [-0.3, -0.25) is 4.90 Å². The smallest absolute Gasteiger partial charge is 0.411 e. The van der Waals surface area contributed by atoms with Crippen LogP contribution in [0.25, 0.3) is 0 Å². The molecule has 0 saturated carbocycles. The highest BCUT2D eigenvalue weighted by atomic mass is 16.6. The summed E-state index contributed by atoms with van der Waals surface area (Å²) in [6, 6.07) is 9.41. The van der Waals surface area contributed by atoms with Gasteiger partial charge in [0.25, 0.3) is 0 Å². The third kappa shape index (κ3) is 2.54. The van der Waals surface area contributed by atoms with Gasteiger partial charge in [-0.05, 0) is 18.9 Å². The molecule has 1 fully saturated rings. The van der Waals surface area contributed by atoms with E-state index in [1.807, 2.05) is 30.3 Å². The molecule has 1 aromatic rings. The van der Waals surface area contributed by atoms with Gasteiger partial charge in [-0.25, -0.2) is 9.59 Å². The van der Waals surface area contributed by atoms with E-state index in [1.54, 1.807) is 6.92 Å². The van der Waals surface area contributed by atoms with Gasteiger partial charge in [0.2, 0.25) is 0 Å². The average Bonchev–Trinajstić information content (AvgIpc) is 2.43. The minimum atomic E-state index is -0.886. The Labute approximate surface area is 112 Å². The number of benzene rings is 1. The summed E-state index contributed by atoms with van der Waals surface area (Å²) in [5.74, 6) is -0.407. The predicted molar refractivity (Wildman–Crippen MR) is 68.4 cm³/mol. The zero-order valence-electron chi connectivity index (χ0n) is 11.1. The number of esters is 1. The van der Waals surface area contributed by atoms with Crippen molar-refractivity contribution in [2.45, 2.75) is 25.5 Å². The van der Waals surface area contributed by atoms with Gasteiger partial charge in [-0.15, -0.1) is 0 Å². The molecule has 0 aliphatic carbocycles. The Morgan fingerprint density at radius 2 is 2.00 bits per heavy atom. The third-order valence-corrected chi connectivity index (χ3v) is 3.47. The van der Waals surface area contributed by atoms with Crippen molar-refractivity contribution < 1.29 is 19.1 Å². The van der Waals surface area contributed by atoms with Crippen LogP contribution >= 0.6 is 0 Å². The molecule has 1 aliphatic heterocycles. The number of amides is 1. The summed E-state index contributed by atoms with van der Waals surface area (Å²) in [6.45, 7) is 2.40. The van der Waals surface area contributed by atoms with E-state index in [4.69, 9.17) is 9.47 Å². The van der Waals surface area contributed by atoms with Gasteiger partial charge in [0.15, 0.2) is 0 Å². The molecule has 1 heterocycles. The minimum Gasteiger partial charge on any atom is -0.467 e. The average molecular weight is 263 g/mol. The summed E-state index contributed by atoms with van der Waals surface area (Å²) in [7, 11) is 1.32. The molecule has 5 heteroatoms. The van der Waals surface area contributed by atoms with Crippen molar-refractivity contribution in [2.75, 3.05) is 13.7 Å².